The van der Waals surface area contributed by atoms with E-state index in [1.807, 2.05) is 6.07 Å². The van der Waals surface area contributed by atoms with Gasteiger partial charge in [0.1, 0.15) is 11.5 Å². The largest absolute Gasteiger partial charge is 0.493 e. The third kappa shape index (κ3) is 5.51. The number of hydrazone groups is 1. The Labute approximate surface area is 179 Å². The second-order valence-electron chi connectivity index (χ2n) is 6.43. The fourth-order valence-electron chi connectivity index (χ4n) is 2.88. The molecule has 0 fully saturated rings. The van der Waals surface area contributed by atoms with E-state index in [2.05, 4.69) is 10.5 Å². The van der Waals surface area contributed by atoms with Gasteiger partial charge in [-0.1, -0.05) is 18.2 Å². The van der Waals surface area contributed by atoms with Crippen LogP contribution < -0.4 is 14.9 Å². The van der Waals surface area contributed by atoms with E-state index in [4.69, 9.17) is 18.6 Å². The SMILES string of the molecule is COC(=O)c1cccc(-c2ccc(C=NNC(=O)Cc3ccc(OC)c(OC)c3)o2)c1. The van der Waals surface area contributed by atoms with Crippen LogP contribution in [0.2, 0.25) is 0 Å². The molecule has 0 bridgehead atoms. The maximum Gasteiger partial charge on any atom is 0.337 e. The van der Waals surface area contributed by atoms with Crippen LogP contribution in [0.3, 0.4) is 0 Å². The number of amides is 1. The van der Waals surface area contributed by atoms with E-state index in [9.17, 15) is 9.59 Å². The van der Waals surface area contributed by atoms with Crippen LogP contribution in [-0.2, 0) is 16.0 Å². The number of nitrogens with one attached hydrogen (secondary N) is 1. The van der Waals surface area contributed by atoms with Crippen LogP contribution in [0, 0.1) is 0 Å². The molecule has 1 aromatic heterocycles. The summed E-state index contributed by atoms with van der Waals surface area (Å²) in [5, 5.41) is 3.93. The summed E-state index contributed by atoms with van der Waals surface area (Å²) in [6.45, 7) is 0. The van der Waals surface area contributed by atoms with E-state index in [0.29, 0.717) is 28.6 Å². The molecule has 0 aliphatic carbocycles. The van der Waals surface area contributed by atoms with Gasteiger partial charge >= 0.3 is 5.97 Å². The number of hydrogen-bond donors (Lipinski definition) is 1. The molecule has 0 saturated heterocycles. The molecule has 0 radical (unpaired) electrons. The predicted octanol–water partition coefficient (Wildman–Crippen LogP) is 3.44. The van der Waals surface area contributed by atoms with Crippen molar-refractivity contribution < 1.29 is 28.2 Å². The van der Waals surface area contributed by atoms with Gasteiger partial charge in [0.2, 0.25) is 5.91 Å². The van der Waals surface area contributed by atoms with E-state index < -0.39 is 5.97 Å². The summed E-state index contributed by atoms with van der Waals surface area (Å²) < 4.78 is 20.9. The van der Waals surface area contributed by atoms with E-state index in [0.717, 1.165) is 11.1 Å². The minimum atomic E-state index is -0.424. The summed E-state index contributed by atoms with van der Waals surface area (Å²) in [6.07, 6.45) is 1.53. The molecule has 0 unspecified atom stereocenters. The monoisotopic (exact) mass is 422 g/mol. The second-order valence-corrected chi connectivity index (χ2v) is 6.43. The lowest BCUT2D eigenvalue weighted by Gasteiger charge is -2.09. The molecule has 3 aromatic rings. The number of hydrogen-bond acceptors (Lipinski definition) is 7. The molecule has 8 heteroatoms. The topological polar surface area (TPSA) is 99.4 Å². The molecule has 1 N–H and O–H groups in total. The van der Waals surface area contributed by atoms with Crippen LogP contribution in [0.4, 0.5) is 0 Å². The summed E-state index contributed by atoms with van der Waals surface area (Å²) >= 11 is 0. The molecule has 0 atom stereocenters. The normalized spacial score (nSPS) is 10.7. The lowest BCUT2D eigenvalue weighted by Crippen LogP contribution is -2.19. The highest BCUT2D eigenvalue weighted by molar-refractivity contribution is 5.90. The van der Waals surface area contributed by atoms with Crippen molar-refractivity contribution >= 4 is 18.1 Å². The van der Waals surface area contributed by atoms with Crippen LogP contribution >= 0.6 is 0 Å². The van der Waals surface area contributed by atoms with E-state index in [1.165, 1.54) is 20.4 Å². The number of furan rings is 1. The molecule has 31 heavy (non-hydrogen) atoms. The summed E-state index contributed by atoms with van der Waals surface area (Å²) in [7, 11) is 4.42. The van der Waals surface area contributed by atoms with Crippen molar-refractivity contribution in [2.24, 2.45) is 5.10 Å². The molecule has 1 amide bonds. The number of esters is 1. The molecule has 0 spiro atoms. The Hall–Kier alpha value is -4.07. The number of benzene rings is 2. The number of carbonyl (C=O) groups is 2. The van der Waals surface area contributed by atoms with Crippen LogP contribution in [0.1, 0.15) is 21.7 Å². The first-order valence-electron chi connectivity index (χ1n) is 9.35. The van der Waals surface area contributed by atoms with Crippen molar-refractivity contribution in [1.82, 2.24) is 5.43 Å². The highest BCUT2D eigenvalue weighted by Gasteiger charge is 2.10. The second kappa shape index (κ2) is 10.1. The zero-order valence-electron chi connectivity index (χ0n) is 17.4. The van der Waals surface area contributed by atoms with Crippen LogP contribution in [-0.4, -0.2) is 39.4 Å². The fraction of sp³-hybridized carbons (Fsp3) is 0.174. The van der Waals surface area contributed by atoms with Gasteiger partial charge in [-0.25, -0.2) is 10.2 Å². The molecule has 160 valence electrons. The number of rotatable bonds is 8. The summed E-state index contributed by atoms with van der Waals surface area (Å²) in [6, 6.07) is 15.6. The number of ether oxygens (including phenoxy) is 3. The first-order chi connectivity index (χ1) is 15.0. The lowest BCUT2D eigenvalue weighted by molar-refractivity contribution is -0.120. The summed E-state index contributed by atoms with van der Waals surface area (Å²) in [5.74, 6) is 1.44. The zero-order valence-corrected chi connectivity index (χ0v) is 17.4. The van der Waals surface area contributed by atoms with E-state index in [-0.39, 0.29) is 12.3 Å². The van der Waals surface area contributed by atoms with Gasteiger partial charge in [0, 0.05) is 5.56 Å². The van der Waals surface area contributed by atoms with Crippen molar-refractivity contribution in [2.75, 3.05) is 21.3 Å². The molecule has 3 rings (SSSR count). The summed E-state index contributed by atoms with van der Waals surface area (Å²) in [5.41, 5.74) is 4.37. The third-order valence-electron chi connectivity index (χ3n) is 4.39. The van der Waals surface area contributed by atoms with Gasteiger partial charge in [0.25, 0.3) is 0 Å². The molecule has 2 aromatic carbocycles. The Bertz CT molecular complexity index is 1100. The highest BCUT2D eigenvalue weighted by Crippen LogP contribution is 2.27. The van der Waals surface area contributed by atoms with E-state index in [1.54, 1.807) is 55.6 Å². The molecule has 0 aliphatic rings. The quantitative estimate of drug-likeness (QED) is 0.339. The maximum absolute atomic E-state index is 12.1. The van der Waals surface area contributed by atoms with Gasteiger partial charge in [0.15, 0.2) is 11.5 Å². The molecule has 0 saturated carbocycles. The Morgan fingerprint density at radius 2 is 1.81 bits per heavy atom. The van der Waals surface area contributed by atoms with Crippen molar-refractivity contribution in [3.8, 4) is 22.8 Å². The van der Waals surface area contributed by atoms with Gasteiger partial charge in [-0.05, 0) is 42.0 Å². The Morgan fingerprint density at radius 1 is 1.00 bits per heavy atom. The van der Waals surface area contributed by atoms with Crippen molar-refractivity contribution in [3.63, 3.8) is 0 Å². The number of nitrogens with zero attached hydrogens (tertiary/aromatic N) is 1. The predicted molar refractivity (Wildman–Crippen MR) is 114 cm³/mol. The van der Waals surface area contributed by atoms with Gasteiger partial charge < -0.3 is 18.6 Å². The van der Waals surface area contributed by atoms with Gasteiger partial charge in [0.05, 0.1) is 39.5 Å². The van der Waals surface area contributed by atoms with Crippen LogP contribution in [0.5, 0.6) is 11.5 Å². The molecule has 0 aliphatic heterocycles. The minimum absolute atomic E-state index is 0.126. The fourth-order valence-corrected chi connectivity index (χ4v) is 2.88. The lowest BCUT2D eigenvalue weighted by atomic mass is 10.1. The van der Waals surface area contributed by atoms with Crippen molar-refractivity contribution in [3.05, 3.63) is 71.5 Å². The number of carbonyl (C=O) groups excluding carboxylic acids is 2. The Kier molecular flexibility index (Phi) is 7.05. The van der Waals surface area contributed by atoms with Crippen molar-refractivity contribution in [2.45, 2.75) is 6.42 Å². The highest BCUT2D eigenvalue weighted by atomic mass is 16.5. The molecule has 1 heterocycles. The van der Waals surface area contributed by atoms with Crippen LogP contribution in [0.25, 0.3) is 11.3 Å². The average Bonchev–Trinajstić information content (AvgIpc) is 3.27. The smallest absolute Gasteiger partial charge is 0.337 e. The van der Waals surface area contributed by atoms with Gasteiger partial charge in [-0.15, -0.1) is 0 Å². The van der Waals surface area contributed by atoms with Crippen molar-refractivity contribution in [1.29, 1.82) is 0 Å². The minimum Gasteiger partial charge on any atom is -0.493 e. The average molecular weight is 422 g/mol. The van der Waals surface area contributed by atoms with Gasteiger partial charge in [-0.2, -0.15) is 5.10 Å². The molecule has 8 nitrogen and oxygen atoms in total. The third-order valence-corrected chi connectivity index (χ3v) is 4.39. The number of methoxy groups -OCH3 is 3. The van der Waals surface area contributed by atoms with Gasteiger partial charge in [-0.3, -0.25) is 4.79 Å². The Morgan fingerprint density at radius 3 is 2.55 bits per heavy atom. The molecular weight excluding hydrogens is 400 g/mol. The maximum atomic E-state index is 12.1. The molecular formula is C23H22N2O6. The first-order valence-corrected chi connectivity index (χ1v) is 9.35. The zero-order chi connectivity index (χ0) is 22.2. The van der Waals surface area contributed by atoms with Crippen LogP contribution in [0.15, 0.2) is 64.1 Å². The first kappa shape index (κ1) is 21.6. The summed E-state index contributed by atoms with van der Waals surface area (Å²) in [4.78, 5) is 23.8. The van der Waals surface area contributed by atoms with E-state index >= 15 is 0 Å². The Balaban J connectivity index is 1.60. The standard InChI is InChI=1S/C23H22N2O6/c1-28-20-9-7-15(11-21(20)29-2)12-22(26)25-24-14-18-8-10-19(31-18)16-5-4-6-17(13-16)23(27)30-3/h4-11,13-14H,12H2,1-3H3,(H,25,26).